The van der Waals surface area contributed by atoms with Crippen molar-refractivity contribution in [2.24, 2.45) is 0 Å². The maximum atomic E-state index is 12.2. The van der Waals surface area contributed by atoms with E-state index < -0.39 is 0 Å². The summed E-state index contributed by atoms with van der Waals surface area (Å²) in [5.41, 5.74) is 0.834. The Bertz CT molecular complexity index is 593. The van der Waals surface area contributed by atoms with E-state index in [4.69, 9.17) is 5.11 Å². The van der Waals surface area contributed by atoms with Crippen LogP contribution >= 0.6 is 0 Å². The molecule has 4 nitrogen and oxygen atoms in total. The van der Waals surface area contributed by atoms with Crippen molar-refractivity contribution in [2.75, 3.05) is 25.5 Å². The minimum absolute atomic E-state index is 0.102. The zero-order valence-electron chi connectivity index (χ0n) is 12.4. The van der Waals surface area contributed by atoms with E-state index >= 15 is 0 Å². The molecule has 0 heterocycles. The lowest BCUT2D eigenvalue weighted by Crippen LogP contribution is -2.32. The number of rotatable bonds is 6. The Morgan fingerprint density at radius 1 is 1.10 bits per heavy atom. The molecule has 0 fully saturated rings. The minimum Gasteiger partial charge on any atom is -0.396 e. The first kappa shape index (κ1) is 15.3. The zero-order valence-corrected chi connectivity index (χ0v) is 12.4. The van der Waals surface area contributed by atoms with Crippen molar-refractivity contribution in [3.63, 3.8) is 0 Å². The molecule has 2 rings (SSSR count). The average molecular weight is 286 g/mol. The normalized spacial score (nSPS) is 10.6. The molecule has 2 aromatic rings. The quantitative estimate of drug-likeness (QED) is 0.799. The molecule has 0 bridgehead atoms. The Labute approximate surface area is 125 Å². The van der Waals surface area contributed by atoms with Gasteiger partial charge in [-0.2, -0.15) is 0 Å². The van der Waals surface area contributed by atoms with Crippen LogP contribution in [0.3, 0.4) is 0 Å². The van der Waals surface area contributed by atoms with Crippen LogP contribution in [0.15, 0.2) is 42.5 Å². The molecule has 0 aliphatic heterocycles. The molecule has 0 aromatic heterocycles. The van der Waals surface area contributed by atoms with Crippen LogP contribution in [0, 0.1) is 0 Å². The van der Waals surface area contributed by atoms with Crippen molar-refractivity contribution >= 4 is 22.5 Å². The summed E-state index contributed by atoms with van der Waals surface area (Å²) in [6.45, 7) is 0.905. The van der Waals surface area contributed by atoms with Crippen LogP contribution < -0.4 is 5.32 Å². The molecule has 21 heavy (non-hydrogen) atoms. The molecule has 0 saturated carbocycles. The predicted octanol–water partition coefficient (Wildman–Crippen LogP) is 3.47. The largest absolute Gasteiger partial charge is 0.396 e. The molecule has 112 valence electrons. The van der Waals surface area contributed by atoms with Crippen LogP contribution in [-0.2, 0) is 0 Å². The molecule has 0 saturated heterocycles. The summed E-state index contributed by atoms with van der Waals surface area (Å²) in [5, 5.41) is 13.9. The van der Waals surface area contributed by atoms with E-state index in [9.17, 15) is 4.79 Å². The summed E-state index contributed by atoms with van der Waals surface area (Å²) in [4.78, 5) is 13.9. The van der Waals surface area contributed by atoms with Gasteiger partial charge in [0.25, 0.3) is 0 Å². The number of hydrogen-bond donors (Lipinski definition) is 2. The van der Waals surface area contributed by atoms with E-state index in [1.54, 1.807) is 11.9 Å². The number of benzene rings is 2. The number of aliphatic hydroxyl groups is 1. The maximum Gasteiger partial charge on any atom is 0.321 e. The molecule has 4 heteroatoms. The summed E-state index contributed by atoms with van der Waals surface area (Å²) in [5.74, 6) is 0. The Morgan fingerprint density at radius 2 is 1.86 bits per heavy atom. The second-order valence-electron chi connectivity index (χ2n) is 5.16. The maximum absolute atomic E-state index is 12.2. The summed E-state index contributed by atoms with van der Waals surface area (Å²) < 4.78 is 0. The molecule has 0 spiro atoms. The van der Waals surface area contributed by atoms with Crippen molar-refractivity contribution in [1.82, 2.24) is 4.90 Å². The second-order valence-corrected chi connectivity index (χ2v) is 5.16. The van der Waals surface area contributed by atoms with E-state index in [0.29, 0.717) is 6.54 Å². The third-order valence-electron chi connectivity index (χ3n) is 3.53. The first-order valence-electron chi connectivity index (χ1n) is 7.33. The highest BCUT2D eigenvalue weighted by Gasteiger charge is 2.09. The van der Waals surface area contributed by atoms with Gasteiger partial charge in [0.15, 0.2) is 0 Å². The van der Waals surface area contributed by atoms with E-state index in [0.717, 1.165) is 35.7 Å². The lowest BCUT2D eigenvalue weighted by molar-refractivity contribution is 0.220. The minimum atomic E-state index is -0.102. The highest BCUT2D eigenvalue weighted by molar-refractivity contribution is 6.01. The fourth-order valence-corrected chi connectivity index (χ4v) is 2.28. The van der Waals surface area contributed by atoms with Crippen molar-refractivity contribution in [3.8, 4) is 0 Å². The SMILES string of the molecule is CN(CCCCCO)C(=O)Nc1cccc2ccccc12. The van der Waals surface area contributed by atoms with Crippen molar-refractivity contribution in [1.29, 1.82) is 0 Å². The molecule has 2 N–H and O–H groups in total. The van der Waals surface area contributed by atoms with Gasteiger partial charge in [-0.05, 0) is 30.7 Å². The van der Waals surface area contributed by atoms with Gasteiger partial charge in [-0.3, -0.25) is 0 Å². The number of nitrogens with one attached hydrogen (secondary N) is 1. The summed E-state index contributed by atoms with van der Waals surface area (Å²) in [6, 6.07) is 13.8. The number of unbranched alkanes of at least 4 members (excludes halogenated alkanes) is 2. The fourth-order valence-electron chi connectivity index (χ4n) is 2.28. The first-order valence-corrected chi connectivity index (χ1v) is 7.33. The van der Waals surface area contributed by atoms with Crippen LogP contribution in [0.5, 0.6) is 0 Å². The Morgan fingerprint density at radius 3 is 2.67 bits per heavy atom. The lowest BCUT2D eigenvalue weighted by Gasteiger charge is -2.18. The third kappa shape index (κ3) is 4.20. The van der Waals surface area contributed by atoms with Gasteiger partial charge in [0, 0.05) is 25.6 Å². The van der Waals surface area contributed by atoms with Crippen LogP contribution in [0.1, 0.15) is 19.3 Å². The van der Waals surface area contributed by atoms with Crippen LogP contribution in [0.4, 0.5) is 10.5 Å². The second kappa shape index (κ2) is 7.64. The molecule has 0 aliphatic carbocycles. The van der Waals surface area contributed by atoms with Crippen molar-refractivity contribution < 1.29 is 9.90 Å². The predicted molar refractivity (Wildman–Crippen MR) is 86.5 cm³/mol. The average Bonchev–Trinajstić information content (AvgIpc) is 2.51. The fraction of sp³-hybridized carbons (Fsp3) is 0.353. The Kier molecular flexibility index (Phi) is 5.58. The number of hydrogen-bond acceptors (Lipinski definition) is 2. The van der Waals surface area contributed by atoms with Gasteiger partial charge in [-0.25, -0.2) is 4.79 Å². The van der Waals surface area contributed by atoms with Gasteiger partial charge >= 0.3 is 6.03 Å². The molecular weight excluding hydrogens is 264 g/mol. The van der Waals surface area contributed by atoms with Gasteiger partial charge in [-0.1, -0.05) is 36.4 Å². The number of fused-ring (bicyclic) bond motifs is 1. The molecule has 2 amide bonds. The number of aliphatic hydroxyl groups excluding tert-OH is 1. The van der Waals surface area contributed by atoms with E-state index in [-0.39, 0.29) is 12.6 Å². The molecule has 0 aliphatic rings. The standard InChI is InChI=1S/C17H22N2O2/c1-19(12-5-2-6-13-20)17(21)18-16-11-7-9-14-8-3-4-10-15(14)16/h3-4,7-11,20H,2,5-6,12-13H2,1H3,(H,18,21). The van der Waals surface area contributed by atoms with Crippen molar-refractivity contribution in [2.45, 2.75) is 19.3 Å². The van der Waals surface area contributed by atoms with Crippen LogP contribution in [-0.4, -0.2) is 36.2 Å². The monoisotopic (exact) mass is 286 g/mol. The Hall–Kier alpha value is -2.07. The number of carbonyl (C=O) groups is 1. The number of anilines is 1. The third-order valence-corrected chi connectivity index (χ3v) is 3.53. The van der Waals surface area contributed by atoms with Gasteiger partial charge in [0.2, 0.25) is 0 Å². The van der Waals surface area contributed by atoms with Crippen LogP contribution in [0.2, 0.25) is 0 Å². The van der Waals surface area contributed by atoms with Crippen molar-refractivity contribution in [3.05, 3.63) is 42.5 Å². The highest BCUT2D eigenvalue weighted by atomic mass is 16.2. The number of carbonyl (C=O) groups excluding carboxylic acids is 1. The highest BCUT2D eigenvalue weighted by Crippen LogP contribution is 2.23. The number of urea groups is 1. The molecular formula is C17H22N2O2. The van der Waals surface area contributed by atoms with Crippen LogP contribution in [0.25, 0.3) is 10.8 Å². The Balaban J connectivity index is 1.98. The number of nitrogens with zero attached hydrogens (tertiary/aromatic N) is 1. The van der Waals surface area contributed by atoms with E-state index in [1.165, 1.54) is 0 Å². The smallest absolute Gasteiger partial charge is 0.321 e. The molecule has 0 atom stereocenters. The first-order chi connectivity index (χ1) is 10.2. The summed E-state index contributed by atoms with van der Waals surface area (Å²) >= 11 is 0. The lowest BCUT2D eigenvalue weighted by atomic mass is 10.1. The van der Waals surface area contributed by atoms with Gasteiger partial charge in [0.1, 0.15) is 0 Å². The van der Waals surface area contributed by atoms with E-state index in [1.807, 2.05) is 42.5 Å². The van der Waals surface area contributed by atoms with Gasteiger partial charge in [0.05, 0.1) is 5.69 Å². The molecule has 2 aromatic carbocycles. The van der Waals surface area contributed by atoms with Gasteiger partial charge < -0.3 is 15.3 Å². The van der Waals surface area contributed by atoms with E-state index in [2.05, 4.69) is 5.32 Å². The van der Waals surface area contributed by atoms with Gasteiger partial charge in [-0.15, -0.1) is 0 Å². The topological polar surface area (TPSA) is 52.6 Å². The summed E-state index contributed by atoms with van der Waals surface area (Å²) in [7, 11) is 1.79. The molecule has 0 radical (unpaired) electrons. The molecule has 0 unspecified atom stereocenters. The summed E-state index contributed by atoms with van der Waals surface area (Å²) in [6.07, 6.45) is 2.63. The zero-order chi connectivity index (χ0) is 15.1. The number of amides is 2.